The summed E-state index contributed by atoms with van der Waals surface area (Å²) in [5, 5.41) is 34.2. The summed E-state index contributed by atoms with van der Waals surface area (Å²) in [7, 11) is 0. The van der Waals surface area contributed by atoms with Crippen LogP contribution >= 0.6 is 0 Å². The van der Waals surface area contributed by atoms with Crippen molar-refractivity contribution in [1.82, 2.24) is 0 Å². The molecule has 11 heteroatoms. The van der Waals surface area contributed by atoms with Gasteiger partial charge in [0.15, 0.2) is 5.79 Å². The van der Waals surface area contributed by atoms with E-state index in [2.05, 4.69) is 20.8 Å². The highest BCUT2D eigenvalue weighted by atomic mass is 16.8. The molecule has 5 aliphatic heterocycles. The zero-order valence-corrected chi connectivity index (χ0v) is 34.1. The van der Waals surface area contributed by atoms with Gasteiger partial charge in [-0.15, -0.1) is 0 Å². The second kappa shape index (κ2) is 16.2. The molecular formula is C42H71NO10. The van der Waals surface area contributed by atoms with Gasteiger partial charge in [-0.25, -0.2) is 0 Å². The number of carbonyl (C=O) groups is 2. The summed E-state index contributed by atoms with van der Waals surface area (Å²) in [6, 6.07) is 0. The Morgan fingerprint density at radius 2 is 1.58 bits per heavy atom. The third-order valence-electron chi connectivity index (χ3n) is 14.5. The third kappa shape index (κ3) is 7.94. The summed E-state index contributed by atoms with van der Waals surface area (Å²) in [5.74, 6) is -4.88. The van der Waals surface area contributed by atoms with E-state index in [1.165, 1.54) is 0 Å². The highest BCUT2D eigenvalue weighted by Crippen LogP contribution is 2.54. The van der Waals surface area contributed by atoms with E-state index in [4.69, 9.17) is 29.4 Å². The molecule has 18 atom stereocenters. The van der Waals surface area contributed by atoms with Crippen molar-refractivity contribution in [3.8, 4) is 0 Å². The third-order valence-corrected chi connectivity index (χ3v) is 14.5. The molecule has 5 rings (SSSR count). The van der Waals surface area contributed by atoms with Gasteiger partial charge in [0, 0.05) is 30.1 Å². The zero-order valence-electron chi connectivity index (χ0n) is 34.1. The van der Waals surface area contributed by atoms with Gasteiger partial charge in [-0.1, -0.05) is 55.4 Å². The summed E-state index contributed by atoms with van der Waals surface area (Å²) in [4.78, 5) is 26.6. The summed E-state index contributed by atoms with van der Waals surface area (Å²) >= 11 is 0. The van der Waals surface area contributed by atoms with Gasteiger partial charge in [0.25, 0.3) is 0 Å². The van der Waals surface area contributed by atoms with Crippen molar-refractivity contribution < 1.29 is 48.6 Å². The Morgan fingerprint density at radius 3 is 2.19 bits per heavy atom. The van der Waals surface area contributed by atoms with Crippen molar-refractivity contribution in [3.05, 3.63) is 12.2 Å². The quantitative estimate of drug-likeness (QED) is 0.185. The predicted octanol–water partition coefficient (Wildman–Crippen LogP) is 5.59. The van der Waals surface area contributed by atoms with Crippen LogP contribution in [0.15, 0.2) is 12.2 Å². The molecule has 0 bridgehead atoms. The number of rotatable bonds is 12. The Morgan fingerprint density at radius 1 is 0.906 bits per heavy atom. The maximum absolute atomic E-state index is 14.4. The van der Waals surface area contributed by atoms with Crippen molar-refractivity contribution in [2.45, 2.75) is 199 Å². The van der Waals surface area contributed by atoms with Crippen LogP contribution in [-0.4, -0.2) is 92.5 Å². The number of hydrogen-bond acceptors (Lipinski definition) is 10. The molecule has 0 saturated carbocycles. The molecule has 1 amide bonds. The fourth-order valence-corrected chi connectivity index (χ4v) is 10.5. The van der Waals surface area contributed by atoms with E-state index < -0.39 is 52.9 Å². The van der Waals surface area contributed by atoms with E-state index in [9.17, 15) is 24.9 Å². The fourth-order valence-electron chi connectivity index (χ4n) is 10.5. The molecule has 304 valence electrons. The number of nitrogens with two attached hydrogens (primary N) is 1. The highest BCUT2D eigenvalue weighted by Gasteiger charge is 2.63. The first-order valence-electron chi connectivity index (χ1n) is 20.8. The predicted molar refractivity (Wildman–Crippen MR) is 200 cm³/mol. The van der Waals surface area contributed by atoms with Crippen LogP contribution in [0, 0.1) is 41.4 Å². The van der Waals surface area contributed by atoms with E-state index in [1.807, 2.05) is 41.5 Å². The lowest BCUT2D eigenvalue weighted by Gasteiger charge is -2.54. The van der Waals surface area contributed by atoms with Crippen LogP contribution < -0.4 is 5.73 Å². The summed E-state index contributed by atoms with van der Waals surface area (Å²) in [5.41, 5.74) is 4.08. The summed E-state index contributed by atoms with van der Waals surface area (Å²) in [6.07, 6.45) is 6.08. The van der Waals surface area contributed by atoms with Crippen LogP contribution in [0.25, 0.3) is 0 Å². The topological polar surface area (TPSA) is 167 Å². The Labute approximate surface area is 318 Å². The van der Waals surface area contributed by atoms with Gasteiger partial charge in [0.1, 0.15) is 11.9 Å². The van der Waals surface area contributed by atoms with E-state index >= 15 is 0 Å². The maximum Gasteiger partial charge on any atom is 0.223 e. The lowest BCUT2D eigenvalue weighted by molar-refractivity contribution is -0.409. The minimum Gasteiger partial charge on any atom is -0.392 e. The van der Waals surface area contributed by atoms with Crippen LogP contribution in [0.3, 0.4) is 0 Å². The molecule has 2 spiro atoms. The normalized spacial score (nSPS) is 46.2. The summed E-state index contributed by atoms with van der Waals surface area (Å²) < 4.78 is 33.6. The van der Waals surface area contributed by atoms with Gasteiger partial charge >= 0.3 is 0 Å². The number of aliphatic hydroxyl groups excluding tert-OH is 2. The highest BCUT2D eigenvalue weighted by molar-refractivity contribution is 5.84. The molecule has 0 aromatic rings. The van der Waals surface area contributed by atoms with Crippen molar-refractivity contribution in [2.75, 3.05) is 0 Å². The van der Waals surface area contributed by atoms with Gasteiger partial charge in [-0.3, -0.25) is 9.59 Å². The molecule has 0 radical (unpaired) electrons. The number of Topliss-reactive ketones (excluding diaryl/α,β-unsaturated/α-hetero) is 1. The van der Waals surface area contributed by atoms with Gasteiger partial charge in [-0.2, -0.15) is 0 Å². The van der Waals surface area contributed by atoms with Crippen molar-refractivity contribution >= 4 is 11.7 Å². The van der Waals surface area contributed by atoms with Crippen molar-refractivity contribution in [1.29, 1.82) is 0 Å². The zero-order chi connectivity index (χ0) is 39.3. The van der Waals surface area contributed by atoms with Gasteiger partial charge in [0.05, 0.1) is 53.7 Å². The average Bonchev–Trinajstić information content (AvgIpc) is 3.47. The molecular weight excluding hydrogens is 678 g/mol. The molecule has 0 aromatic carbocycles. The van der Waals surface area contributed by atoms with Crippen LogP contribution in [0.4, 0.5) is 0 Å². The molecule has 53 heavy (non-hydrogen) atoms. The molecule has 4 saturated heterocycles. The first-order chi connectivity index (χ1) is 24.8. The minimum absolute atomic E-state index is 0.0255. The molecule has 5 heterocycles. The molecule has 5 aliphatic rings. The number of ether oxygens (including phenoxy) is 5. The number of amides is 1. The number of aliphatic hydroxyl groups is 3. The molecule has 0 aliphatic carbocycles. The van der Waals surface area contributed by atoms with Crippen LogP contribution in [0.2, 0.25) is 0 Å². The number of primary amides is 1. The first kappa shape index (κ1) is 42.7. The molecule has 5 N–H and O–H groups in total. The van der Waals surface area contributed by atoms with Crippen LogP contribution in [-0.2, 0) is 33.3 Å². The van der Waals surface area contributed by atoms with Gasteiger partial charge in [-0.05, 0) is 95.6 Å². The number of carbonyl (C=O) groups excluding carboxylic acids is 2. The number of hydrogen-bond donors (Lipinski definition) is 4. The van der Waals surface area contributed by atoms with E-state index in [0.717, 1.165) is 19.3 Å². The second-order valence-electron chi connectivity index (χ2n) is 18.0. The fraction of sp³-hybridized carbons (Fsp3) is 0.905. The van der Waals surface area contributed by atoms with Crippen molar-refractivity contribution in [3.63, 3.8) is 0 Å². The van der Waals surface area contributed by atoms with E-state index in [0.29, 0.717) is 44.9 Å². The van der Waals surface area contributed by atoms with Gasteiger partial charge < -0.3 is 44.7 Å². The maximum atomic E-state index is 14.4. The standard InChI is InChI=1S/C42H71NO10/c1-11-29(38(43)47)31-15-14-23(4)36(50-31)27(8)34(45)26(7)35(46)30(12-2)37-24(5)22-25(6)41(51-37)19-16-32(44)42(53-41)21-20-39(10,52-42)33-17-18-40(48,13-3)28(9)49-33/h16,19,23-34,36-37,44-45,48H,11-15,17-18,20-22H2,1-10H3,(H2,43,47)/t23-,24-,25+,26-,27-,28-,29+,30-,31+,32+,33+,34+,36+,37-,39-,40+,41-,42-/m0/s1. The minimum atomic E-state index is -1.36. The second-order valence-corrected chi connectivity index (χ2v) is 18.0. The van der Waals surface area contributed by atoms with E-state index in [1.54, 1.807) is 19.1 Å². The monoisotopic (exact) mass is 750 g/mol. The Balaban J connectivity index is 1.31. The Hall–Kier alpha value is -1.44. The Bertz CT molecular complexity index is 1330. The average molecular weight is 750 g/mol. The first-order valence-corrected chi connectivity index (χ1v) is 20.8. The van der Waals surface area contributed by atoms with Crippen LogP contribution in [0.5, 0.6) is 0 Å². The van der Waals surface area contributed by atoms with Crippen LogP contribution in [0.1, 0.15) is 133 Å². The van der Waals surface area contributed by atoms with Gasteiger partial charge in [0.2, 0.25) is 11.7 Å². The molecule has 4 fully saturated rings. The largest absolute Gasteiger partial charge is 0.392 e. The molecule has 11 nitrogen and oxygen atoms in total. The van der Waals surface area contributed by atoms with Crippen molar-refractivity contribution in [2.24, 2.45) is 47.2 Å². The lowest BCUT2D eigenvalue weighted by Crippen LogP contribution is -2.63. The molecule has 0 unspecified atom stereocenters. The van der Waals surface area contributed by atoms with E-state index in [-0.39, 0.29) is 65.7 Å². The lowest BCUT2D eigenvalue weighted by atomic mass is 9.72. The smallest absolute Gasteiger partial charge is 0.223 e. The number of ketones is 1. The molecule has 0 aromatic heterocycles. The SMILES string of the molecule is CC[C@@H](C(=O)[C@@H](C)[C@@H](O)[C@H](C)[C@@H]1O[C@@H]([C@@H](CC)C(N)=O)CC[C@@H]1C)[C@H]1O[C@]2(C=C[C@@H](O)[C@]3(CC[C@@](C)([C@H]4CC[C@](O)(CC)[C@H](C)O4)O3)O2)[C@H](C)C[C@@H]1C. The Kier molecular flexibility index (Phi) is 13.0. The summed E-state index contributed by atoms with van der Waals surface area (Å²) in [6.45, 7) is 19.8.